The summed E-state index contributed by atoms with van der Waals surface area (Å²) in [5.41, 5.74) is 7.62. The number of carbonyl (C=O) groups is 1. The largest absolute Gasteiger partial charge is 0.350 e. The Morgan fingerprint density at radius 1 is 1.33 bits per heavy atom. The molecule has 0 bridgehead atoms. The predicted octanol–water partition coefficient (Wildman–Crippen LogP) is 1.16. The third kappa shape index (κ3) is 5.22. The highest BCUT2D eigenvalue weighted by molar-refractivity contribution is 6.04. The number of primary amides is 1. The average molecular weight is 167 g/mol. The van der Waals surface area contributed by atoms with E-state index in [2.05, 4.69) is 10.5 Å². The van der Waals surface area contributed by atoms with E-state index in [-0.39, 0.29) is 0 Å². The first-order chi connectivity index (χ1) is 5.70. The number of hydrogen-bond donors (Lipinski definition) is 2. The van der Waals surface area contributed by atoms with Crippen molar-refractivity contribution in [3.63, 3.8) is 0 Å². The molecule has 0 aliphatic rings. The Kier molecular flexibility index (Phi) is 5.34. The molecule has 0 rings (SSSR count). The van der Waals surface area contributed by atoms with Gasteiger partial charge < -0.3 is 5.73 Å². The molecule has 0 fully saturated rings. The minimum absolute atomic E-state index is 0.652. The molecular formula is C8H13N3O. The molecule has 0 saturated heterocycles. The number of hydrazone groups is 1. The molecule has 0 aromatic rings. The second-order valence-corrected chi connectivity index (χ2v) is 2.01. The van der Waals surface area contributed by atoms with Gasteiger partial charge in [0.15, 0.2) is 0 Å². The number of nitrogens with zero attached hydrogens (tertiary/aromatic N) is 1. The number of amides is 2. The number of hydrogen-bond acceptors (Lipinski definition) is 2. The second kappa shape index (κ2) is 6.15. The van der Waals surface area contributed by atoms with Gasteiger partial charge in [-0.3, -0.25) is 0 Å². The third-order valence-corrected chi connectivity index (χ3v) is 0.970. The third-order valence-electron chi connectivity index (χ3n) is 0.970. The zero-order valence-electron chi connectivity index (χ0n) is 7.24. The molecule has 0 heterocycles. The molecule has 0 radical (unpaired) electrons. The Labute approximate surface area is 71.8 Å². The van der Waals surface area contributed by atoms with E-state index < -0.39 is 6.03 Å². The quantitative estimate of drug-likeness (QED) is 0.480. The highest BCUT2D eigenvalue weighted by Crippen LogP contribution is 1.84. The zero-order valence-corrected chi connectivity index (χ0v) is 7.24. The maximum atomic E-state index is 10.3. The molecule has 3 N–H and O–H groups in total. The van der Waals surface area contributed by atoms with E-state index in [1.165, 1.54) is 0 Å². The van der Waals surface area contributed by atoms with E-state index in [9.17, 15) is 4.79 Å². The topological polar surface area (TPSA) is 67.5 Å². The number of urea groups is 1. The molecule has 2 amide bonds. The van der Waals surface area contributed by atoms with Crippen LogP contribution in [0.1, 0.15) is 13.8 Å². The molecule has 0 aliphatic carbocycles. The SMILES string of the molecule is C/C=C/C(/C=C/C)=NNC(N)=O. The van der Waals surface area contributed by atoms with Gasteiger partial charge in [0.1, 0.15) is 0 Å². The smallest absolute Gasteiger partial charge is 0.332 e. The summed E-state index contributed by atoms with van der Waals surface area (Å²) >= 11 is 0. The molecule has 0 unspecified atom stereocenters. The molecule has 0 aromatic heterocycles. The van der Waals surface area contributed by atoms with Crippen LogP contribution in [0.5, 0.6) is 0 Å². The molecule has 0 aromatic carbocycles. The van der Waals surface area contributed by atoms with Crippen LogP contribution in [0.25, 0.3) is 0 Å². The summed E-state index contributed by atoms with van der Waals surface area (Å²) < 4.78 is 0. The van der Waals surface area contributed by atoms with Crippen molar-refractivity contribution in [3.05, 3.63) is 24.3 Å². The van der Waals surface area contributed by atoms with Crippen LogP contribution >= 0.6 is 0 Å². The Morgan fingerprint density at radius 3 is 2.17 bits per heavy atom. The predicted molar refractivity (Wildman–Crippen MR) is 49.8 cm³/mol. The van der Waals surface area contributed by atoms with Gasteiger partial charge in [-0.25, -0.2) is 10.2 Å². The van der Waals surface area contributed by atoms with Crippen molar-refractivity contribution >= 4 is 11.7 Å². The van der Waals surface area contributed by atoms with Crippen LogP contribution in [0.4, 0.5) is 4.79 Å². The van der Waals surface area contributed by atoms with Gasteiger partial charge in [0, 0.05) is 0 Å². The average Bonchev–Trinajstić information content (AvgIpc) is 2.01. The number of allylic oxidation sites excluding steroid dienone is 4. The number of nitrogens with one attached hydrogen (secondary N) is 1. The molecule has 0 saturated carbocycles. The zero-order chi connectivity index (χ0) is 9.40. The monoisotopic (exact) mass is 167 g/mol. The summed E-state index contributed by atoms with van der Waals surface area (Å²) in [5.74, 6) is 0. The Bertz CT molecular complexity index is 214. The number of rotatable bonds is 3. The van der Waals surface area contributed by atoms with Gasteiger partial charge in [-0.15, -0.1) is 0 Å². The maximum Gasteiger partial charge on any atom is 0.332 e. The lowest BCUT2D eigenvalue weighted by atomic mass is 10.3. The maximum absolute atomic E-state index is 10.3. The summed E-state index contributed by atoms with van der Waals surface area (Å²) in [6.45, 7) is 3.73. The summed E-state index contributed by atoms with van der Waals surface area (Å²) in [5, 5.41) is 3.72. The molecular weight excluding hydrogens is 154 g/mol. The highest BCUT2D eigenvalue weighted by atomic mass is 16.2. The fraction of sp³-hybridized carbons (Fsp3) is 0.250. The standard InChI is InChI=1S/C8H13N3O/c1-3-5-7(6-4-2)10-11-8(9)12/h3-6H,1-2H3,(H3,9,11,12)/b5-3+,6-4+. The van der Waals surface area contributed by atoms with Crippen LogP contribution in [0.2, 0.25) is 0 Å². The van der Waals surface area contributed by atoms with Crippen molar-refractivity contribution in [3.8, 4) is 0 Å². The summed E-state index contributed by atoms with van der Waals surface area (Å²) in [7, 11) is 0. The van der Waals surface area contributed by atoms with Gasteiger partial charge >= 0.3 is 6.03 Å². The van der Waals surface area contributed by atoms with Crippen molar-refractivity contribution in [1.82, 2.24) is 5.43 Å². The first kappa shape index (κ1) is 10.4. The molecule has 0 spiro atoms. The number of nitrogens with two attached hydrogens (primary N) is 1. The fourth-order valence-corrected chi connectivity index (χ4v) is 0.591. The lowest BCUT2D eigenvalue weighted by Gasteiger charge is -1.93. The number of carbonyl (C=O) groups excluding carboxylic acids is 1. The van der Waals surface area contributed by atoms with Gasteiger partial charge in [0.25, 0.3) is 0 Å². The van der Waals surface area contributed by atoms with Crippen molar-refractivity contribution in [2.24, 2.45) is 10.8 Å². The lowest BCUT2D eigenvalue weighted by molar-refractivity contribution is 0.249. The second-order valence-electron chi connectivity index (χ2n) is 2.01. The van der Waals surface area contributed by atoms with E-state index in [0.29, 0.717) is 5.71 Å². The van der Waals surface area contributed by atoms with Crippen LogP contribution in [0.15, 0.2) is 29.4 Å². The molecule has 0 aliphatic heterocycles. The minimum atomic E-state index is -0.665. The Balaban J connectivity index is 4.27. The Hall–Kier alpha value is -1.58. The Morgan fingerprint density at radius 2 is 1.83 bits per heavy atom. The molecule has 4 heteroatoms. The summed E-state index contributed by atoms with van der Waals surface area (Å²) in [4.78, 5) is 10.3. The molecule has 66 valence electrons. The van der Waals surface area contributed by atoms with Crippen LogP contribution in [-0.2, 0) is 0 Å². The fourth-order valence-electron chi connectivity index (χ4n) is 0.591. The first-order valence-electron chi connectivity index (χ1n) is 3.59. The van der Waals surface area contributed by atoms with Crippen molar-refractivity contribution in [2.75, 3.05) is 0 Å². The lowest BCUT2D eigenvalue weighted by Crippen LogP contribution is -2.25. The van der Waals surface area contributed by atoms with Crippen molar-refractivity contribution < 1.29 is 4.79 Å². The van der Waals surface area contributed by atoms with Crippen LogP contribution in [-0.4, -0.2) is 11.7 Å². The van der Waals surface area contributed by atoms with E-state index in [1.54, 1.807) is 12.2 Å². The van der Waals surface area contributed by atoms with Crippen molar-refractivity contribution in [2.45, 2.75) is 13.8 Å². The molecule has 4 nitrogen and oxygen atoms in total. The van der Waals surface area contributed by atoms with Gasteiger partial charge in [-0.05, 0) is 26.0 Å². The van der Waals surface area contributed by atoms with Crippen LogP contribution in [0, 0.1) is 0 Å². The van der Waals surface area contributed by atoms with Crippen LogP contribution < -0.4 is 11.2 Å². The van der Waals surface area contributed by atoms with Gasteiger partial charge in [0.05, 0.1) is 5.71 Å². The van der Waals surface area contributed by atoms with Gasteiger partial charge in [0.2, 0.25) is 0 Å². The van der Waals surface area contributed by atoms with Crippen molar-refractivity contribution in [1.29, 1.82) is 0 Å². The van der Waals surface area contributed by atoms with E-state index in [4.69, 9.17) is 5.73 Å². The molecule has 12 heavy (non-hydrogen) atoms. The highest BCUT2D eigenvalue weighted by Gasteiger charge is 1.88. The van der Waals surface area contributed by atoms with Crippen LogP contribution in [0.3, 0.4) is 0 Å². The van der Waals surface area contributed by atoms with Gasteiger partial charge in [-0.2, -0.15) is 5.10 Å². The summed E-state index contributed by atoms with van der Waals surface area (Å²) in [6.07, 6.45) is 7.16. The molecule has 0 atom stereocenters. The minimum Gasteiger partial charge on any atom is -0.350 e. The first-order valence-corrected chi connectivity index (χ1v) is 3.59. The normalized spacial score (nSPS) is 10.5. The van der Waals surface area contributed by atoms with E-state index in [0.717, 1.165) is 0 Å². The summed E-state index contributed by atoms with van der Waals surface area (Å²) in [6, 6.07) is -0.665. The van der Waals surface area contributed by atoms with E-state index >= 15 is 0 Å². The van der Waals surface area contributed by atoms with E-state index in [1.807, 2.05) is 26.0 Å². The van der Waals surface area contributed by atoms with Gasteiger partial charge in [-0.1, -0.05) is 12.2 Å².